The Kier molecular flexibility index (Phi) is 13.7. The molecule has 1 N–H and O–H groups in total. The standard InChI is InChI=1S/C39H56N4O7/c1-6-11-26(35(48)31(45)17-16-24(2)44)20-33(47)34-28-15-10-14-27(28)23-43(34)38(50)36(39(3,4)5)42-37(49)29(25-12-8-7-9-13-25)21-32(46)30-22-40-18-19-41-30/h18-19,22,25-29,34,36H,6-17,20-21,23H2,1-5H3,(H,42,49)/t26?,27-,28-,29-,34-,36+/m0/s1. The van der Waals surface area contributed by atoms with Gasteiger partial charge in [-0.05, 0) is 62.2 Å². The van der Waals surface area contributed by atoms with Crippen molar-refractivity contribution in [3.05, 3.63) is 24.3 Å². The predicted molar refractivity (Wildman–Crippen MR) is 187 cm³/mol. The fourth-order valence-corrected chi connectivity index (χ4v) is 8.44. The number of ketones is 5. The number of nitrogens with one attached hydrogen (secondary N) is 1. The second kappa shape index (κ2) is 17.5. The molecule has 2 heterocycles. The van der Waals surface area contributed by atoms with Gasteiger partial charge in [-0.3, -0.25) is 33.8 Å². The summed E-state index contributed by atoms with van der Waals surface area (Å²) in [5, 5.41) is 3.07. The molecule has 0 radical (unpaired) electrons. The molecule has 2 saturated carbocycles. The van der Waals surface area contributed by atoms with Gasteiger partial charge in [-0.1, -0.05) is 59.8 Å². The lowest BCUT2D eigenvalue weighted by molar-refractivity contribution is -0.146. The van der Waals surface area contributed by atoms with Crippen LogP contribution in [-0.4, -0.2) is 74.2 Å². The highest BCUT2D eigenvalue weighted by atomic mass is 16.2. The Hall–Kier alpha value is -3.63. The number of aromatic nitrogens is 2. The van der Waals surface area contributed by atoms with Crippen molar-refractivity contribution >= 4 is 40.7 Å². The molecule has 1 aromatic rings. The first kappa shape index (κ1) is 39.2. The fraction of sp³-hybridized carbons (Fsp3) is 0.718. The Balaban J connectivity index is 1.57. The second-order valence-corrected chi connectivity index (χ2v) is 16.0. The molecule has 11 nitrogen and oxygen atoms in total. The van der Waals surface area contributed by atoms with Crippen LogP contribution < -0.4 is 5.32 Å². The number of Topliss-reactive ketones (excluding diaryl/α,β-unsaturated/α-hetero) is 5. The van der Waals surface area contributed by atoms with Crippen molar-refractivity contribution in [2.75, 3.05) is 6.54 Å². The van der Waals surface area contributed by atoms with Gasteiger partial charge in [0.05, 0.1) is 12.2 Å². The van der Waals surface area contributed by atoms with Crippen LogP contribution in [0.15, 0.2) is 18.6 Å². The van der Waals surface area contributed by atoms with Gasteiger partial charge in [-0.15, -0.1) is 0 Å². The quantitative estimate of drug-likeness (QED) is 0.169. The lowest BCUT2D eigenvalue weighted by atomic mass is 9.76. The molecule has 0 spiro atoms. The maximum absolute atomic E-state index is 14.6. The lowest BCUT2D eigenvalue weighted by Gasteiger charge is -2.38. The molecule has 0 aromatic carbocycles. The Bertz CT molecular complexity index is 1410. The van der Waals surface area contributed by atoms with E-state index in [-0.39, 0.29) is 78.3 Å². The smallest absolute Gasteiger partial charge is 0.246 e. The average molecular weight is 693 g/mol. The molecule has 1 aliphatic heterocycles. The van der Waals surface area contributed by atoms with Gasteiger partial charge in [-0.2, -0.15) is 0 Å². The van der Waals surface area contributed by atoms with Crippen molar-refractivity contribution < 1.29 is 33.6 Å². The summed E-state index contributed by atoms with van der Waals surface area (Å²) >= 11 is 0. The average Bonchev–Trinajstić information content (AvgIpc) is 3.69. The minimum Gasteiger partial charge on any atom is -0.344 e. The minimum absolute atomic E-state index is 0.00763. The number of amides is 2. The first-order valence-corrected chi connectivity index (χ1v) is 18.7. The molecule has 1 unspecified atom stereocenters. The largest absolute Gasteiger partial charge is 0.344 e. The van der Waals surface area contributed by atoms with Gasteiger partial charge < -0.3 is 15.0 Å². The molecule has 3 fully saturated rings. The Morgan fingerprint density at radius 1 is 0.920 bits per heavy atom. The molecular weight excluding hydrogens is 636 g/mol. The molecule has 2 amide bonds. The van der Waals surface area contributed by atoms with Crippen LogP contribution in [0.4, 0.5) is 0 Å². The fourth-order valence-electron chi connectivity index (χ4n) is 8.44. The molecule has 0 bridgehead atoms. The van der Waals surface area contributed by atoms with E-state index in [0.717, 1.165) is 51.4 Å². The Labute approximate surface area is 296 Å². The van der Waals surface area contributed by atoms with Gasteiger partial charge in [-0.25, -0.2) is 4.98 Å². The number of carbonyl (C=O) groups is 7. The van der Waals surface area contributed by atoms with E-state index in [4.69, 9.17) is 0 Å². The lowest BCUT2D eigenvalue weighted by Crippen LogP contribution is -2.58. The van der Waals surface area contributed by atoms with Crippen molar-refractivity contribution in [3.8, 4) is 0 Å². The van der Waals surface area contributed by atoms with Crippen LogP contribution >= 0.6 is 0 Å². The van der Waals surface area contributed by atoms with Gasteiger partial charge in [0.25, 0.3) is 0 Å². The maximum atomic E-state index is 14.6. The summed E-state index contributed by atoms with van der Waals surface area (Å²) in [7, 11) is 0. The number of rotatable bonds is 17. The van der Waals surface area contributed by atoms with Crippen LogP contribution in [0, 0.1) is 35.0 Å². The van der Waals surface area contributed by atoms with Gasteiger partial charge in [0.2, 0.25) is 17.6 Å². The third kappa shape index (κ3) is 9.78. The van der Waals surface area contributed by atoms with Crippen LogP contribution in [0.5, 0.6) is 0 Å². The molecule has 4 rings (SSSR count). The number of carbonyl (C=O) groups excluding carboxylic acids is 7. The summed E-state index contributed by atoms with van der Waals surface area (Å²) in [4.78, 5) is 103. The number of fused-ring (bicyclic) bond motifs is 1. The van der Waals surface area contributed by atoms with Crippen LogP contribution in [0.1, 0.15) is 135 Å². The molecule has 1 aromatic heterocycles. The van der Waals surface area contributed by atoms with Crippen molar-refractivity contribution in [2.45, 2.75) is 137 Å². The molecule has 1 saturated heterocycles. The minimum atomic E-state index is -0.955. The van der Waals surface area contributed by atoms with E-state index < -0.39 is 40.9 Å². The van der Waals surface area contributed by atoms with Gasteiger partial charge in [0.1, 0.15) is 17.5 Å². The molecule has 11 heteroatoms. The monoisotopic (exact) mass is 692 g/mol. The Morgan fingerprint density at radius 3 is 2.26 bits per heavy atom. The van der Waals surface area contributed by atoms with Crippen molar-refractivity contribution in [1.29, 1.82) is 0 Å². The second-order valence-electron chi connectivity index (χ2n) is 16.0. The maximum Gasteiger partial charge on any atom is 0.246 e. The predicted octanol–water partition coefficient (Wildman–Crippen LogP) is 5.29. The highest BCUT2D eigenvalue weighted by Crippen LogP contribution is 2.44. The first-order valence-electron chi connectivity index (χ1n) is 18.7. The van der Waals surface area contributed by atoms with E-state index in [1.807, 2.05) is 27.7 Å². The van der Waals surface area contributed by atoms with Crippen LogP contribution in [0.3, 0.4) is 0 Å². The highest BCUT2D eigenvalue weighted by Gasteiger charge is 2.52. The van der Waals surface area contributed by atoms with E-state index in [2.05, 4.69) is 15.3 Å². The Morgan fingerprint density at radius 2 is 1.64 bits per heavy atom. The summed E-state index contributed by atoms with van der Waals surface area (Å²) in [6.07, 6.45) is 12.2. The molecule has 2 aliphatic carbocycles. The molecule has 50 heavy (non-hydrogen) atoms. The number of likely N-dealkylation sites (tertiary alicyclic amines) is 1. The number of hydrogen-bond acceptors (Lipinski definition) is 9. The molecule has 6 atom stereocenters. The van der Waals surface area contributed by atoms with Crippen LogP contribution in [-0.2, 0) is 28.8 Å². The summed E-state index contributed by atoms with van der Waals surface area (Å²) in [6, 6.07) is -1.70. The third-order valence-electron chi connectivity index (χ3n) is 11.1. The highest BCUT2D eigenvalue weighted by molar-refractivity contribution is 6.38. The van der Waals surface area contributed by atoms with E-state index in [1.54, 1.807) is 4.90 Å². The van der Waals surface area contributed by atoms with E-state index in [0.29, 0.717) is 19.4 Å². The normalized spacial score (nSPS) is 22.7. The molecular formula is C39H56N4O7. The molecule has 3 aliphatic rings. The van der Waals surface area contributed by atoms with Crippen molar-refractivity contribution in [1.82, 2.24) is 20.2 Å². The van der Waals surface area contributed by atoms with Crippen molar-refractivity contribution in [3.63, 3.8) is 0 Å². The summed E-state index contributed by atoms with van der Waals surface area (Å²) in [5.41, 5.74) is -0.511. The number of nitrogens with zero attached hydrogens (tertiary/aromatic N) is 3. The first-order chi connectivity index (χ1) is 23.7. The van der Waals surface area contributed by atoms with Crippen LogP contribution in [0.2, 0.25) is 0 Å². The van der Waals surface area contributed by atoms with E-state index in [9.17, 15) is 33.6 Å². The van der Waals surface area contributed by atoms with Gasteiger partial charge in [0, 0.05) is 56.5 Å². The zero-order valence-corrected chi connectivity index (χ0v) is 30.6. The topological polar surface area (TPSA) is 161 Å². The zero-order valence-electron chi connectivity index (χ0n) is 30.6. The zero-order chi connectivity index (χ0) is 36.6. The van der Waals surface area contributed by atoms with Gasteiger partial charge in [0.15, 0.2) is 17.3 Å². The summed E-state index contributed by atoms with van der Waals surface area (Å²) in [6.45, 7) is 9.30. The van der Waals surface area contributed by atoms with Gasteiger partial charge >= 0.3 is 0 Å². The van der Waals surface area contributed by atoms with Crippen LogP contribution in [0.25, 0.3) is 0 Å². The van der Waals surface area contributed by atoms with E-state index in [1.165, 1.54) is 25.5 Å². The van der Waals surface area contributed by atoms with Crippen molar-refractivity contribution in [2.24, 2.45) is 35.0 Å². The number of hydrogen-bond donors (Lipinski definition) is 1. The molecule has 274 valence electrons. The SMILES string of the molecule is CCCC(CC(=O)[C@@H]1[C@H]2CCC[C@H]2CN1C(=O)[C@@H](NC(=O)[C@@H](CC(=O)c1cnccn1)C1CCCCC1)C(C)(C)C)C(=O)C(=O)CCC(C)=O. The van der Waals surface area contributed by atoms with E-state index >= 15 is 0 Å². The summed E-state index contributed by atoms with van der Waals surface area (Å²) in [5.74, 6) is -3.96. The third-order valence-corrected chi connectivity index (χ3v) is 11.1. The summed E-state index contributed by atoms with van der Waals surface area (Å²) < 4.78 is 0.